The number of carboxylic acids is 1. The first-order valence-electron chi connectivity index (χ1n) is 8.00. The second-order valence-corrected chi connectivity index (χ2v) is 6.19. The van der Waals surface area contributed by atoms with Crippen LogP contribution in [-0.2, 0) is 16.0 Å². The average molecular weight is 345 g/mol. The number of nitrogens with one attached hydrogen (secondary N) is 1. The van der Waals surface area contributed by atoms with Gasteiger partial charge in [-0.1, -0.05) is 18.2 Å². The van der Waals surface area contributed by atoms with Crippen molar-refractivity contribution >= 4 is 17.6 Å². The normalized spacial score (nSPS) is 18.6. The molecule has 2 atom stereocenters. The third kappa shape index (κ3) is 4.21. The second kappa shape index (κ2) is 7.01. The van der Waals surface area contributed by atoms with E-state index in [0.29, 0.717) is 24.1 Å². The highest BCUT2D eigenvalue weighted by Gasteiger charge is 2.45. The van der Waals surface area contributed by atoms with E-state index in [0.717, 1.165) is 11.6 Å². The molecule has 3 rings (SSSR count). The van der Waals surface area contributed by atoms with Crippen LogP contribution in [-0.4, -0.2) is 17.0 Å². The minimum atomic E-state index is -0.856. The van der Waals surface area contributed by atoms with Crippen LogP contribution < -0.4 is 5.32 Å². The molecule has 1 aliphatic rings. The molecule has 130 valence electrons. The van der Waals surface area contributed by atoms with Crippen molar-refractivity contribution in [1.82, 2.24) is 0 Å². The van der Waals surface area contributed by atoms with Gasteiger partial charge in [-0.3, -0.25) is 9.59 Å². The summed E-state index contributed by atoms with van der Waals surface area (Å²) in [4.78, 5) is 22.8. The lowest BCUT2D eigenvalue weighted by atomic mass is 10.1. The number of halogens is 2. The predicted molar refractivity (Wildman–Crippen MR) is 88.2 cm³/mol. The van der Waals surface area contributed by atoms with Crippen molar-refractivity contribution in [3.63, 3.8) is 0 Å². The Morgan fingerprint density at radius 2 is 1.84 bits per heavy atom. The van der Waals surface area contributed by atoms with Gasteiger partial charge in [0, 0.05) is 24.1 Å². The zero-order chi connectivity index (χ0) is 18.0. The molecule has 1 fully saturated rings. The lowest BCUT2D eigenvalue weighted by molar-refractivity contribution is -0.137. The number of aryl methyl sites for hydroxylation is 1. The fourth-order valence-electron chi connectivity index (χ4n) is 2.87. The highest BCUT2D eigenvalue weighted by atomic mass is 19.1. The molecule has 4 nitrogen and oxygen atoms in total. The van der Waals surface area contributed by atoms with Crippen LogP contribution in [0.4, 0.5) is 14.5 Å². The number of rotatable bonds is 6. The molecule has 1 saturated carbocycles. The van der Waals surface area contributed by atoms with Gasteiger partial charge in [-0.2, -0.15) is 0 Å². The summed E-state index contributed by atoms with van der Waals surface area (Å²) in [6.07, 6.45) is 1.02. The molecular formula is C19H17F2NO3. The molecule has 0 saturated heterocycles. The summed E-state index contributed by atoms with van der Waals surface area (Å²) in [5, 5.41) is 11.4. The lowest BCUT2D eigenvalue weighted by Gasteiger charge is -2.07. The smallest absolute Gasteiger partial charge is 0.303 e. The molecule has 0 heterocycles. The van der Waals surface area contributed by atoms with Gasteiger partial charge in [-0.25, -0.2) is 8.78 Å². The highest BCUT2D eigenvalue weighted by molar-refractivity contribution is 5.95. The molecule has 0 aliphatic heterocycles. The van der Waals surface area contributed by atoms with Crippen molar-refractivity contribution in [2.24, 2.45) is 5.92 Å². The van der Waals surface area contributed by atoms with Crippen molar-refractivity contribution < 1.29 is 23.5 Å². The van der Waals surface area contributed by atoms with Crippen molar-refractivity contribution in [2.75, 3.05) is 5.32 Å². The molecular weight excluding hydrogens is 328 g/mol. The van der Waals surface area contributed by atoms with Crippen LogP contribution in [0.2, 0.25) is 0 Å². The third-order valence-corrected chi connectivity index (χ3v) is 4.34. The first-order chi connectivity index (χ1) is 11.9. The zero-order valence-corrected chi connectivity index (χ0v) is 13.3. The number of carbonyl (C=O) groups excluding carboxylic acids is 1. The summed E-state index contributed by atoms with van der Waals surface area (Å²) >= 11 is 0. The molecule has 25 heavy (non-hydrogen) atoms. The van der Waals surface area contributed by atoms with E-state index in [9.17, 15) is 18.4 Å². The van der Waals surface area contributed by atoms with Gasteiger partial charge in [-0.05, 0) is 48.1 Å². The van der Waals surface area contributed by atoms with E-state index < -0.39 is 17.6 Å². The largest absolute Gasteiger partial charge is 0.481 e. The van der Waals surface area contributed by atoms with Crippen molar-refractivity contribution in [3.05, 3.63) is 65.2 Å². The van der Waals surface area contributed by atoms with Gasteiger partial charge < -0.3 is 10.4 Å². The standard InChI is InChI=1S/C19H17F2NO3/c20-12-4-7-14(17(21)9-12)15-10-16(15)19(25)22-13-5-1-11(2-6-13)3-8-18(23)24/h1-2,4-7,9,15-16H,3,8,10H2,(H,22,25)(H,23,24). The predicted octanol–water partition coefficient (Wildman–Crippen LogP) is 3.72. The number of hydrogen-bond acceptors (Lipinski definition) is 2. The molecule has 1 aliphatic carbocycles. The van der Waals surface area contributed by atoms with E-state index >= 15 is 0 Å². The summed E-state index contributed by atoms with van der Waals surface area (Å²) in [5.41, 5.74) is 1.85. The molecule has 2 unspecified atom stereocenters. The van der Waals surface area contributed by atoms with Gasteiger partial charge in [0.15, 0.2) is 0 Å². The molecule has 1 amide bonds. The maximum absolute atomic E-state index is 13.8. The maximum Gasteiger partial charge on any atom is 0.303 e. The van der Waals surface area contributed by atoms with E-state index in [1.807, 2.05) is 0 Å². The van der Waals surface area contributed by atoms with E-state index in [1.54, 1.807) is 24.3 Å². The number of amides is 1. The number of carboxylic acid groups (broad SMARTS) is 1. The number of benzene rings is 2. The molecule has 0 bridgehead atoms. The van der Waals surface area contributed by atoms with Crippen molar-refractivity contribution in [3.8, 4) is 0 Å². The van der Waals surface area contributed by atoms with Gasteiger partial charge >= 0.3 is 5.97 Å². The minimum Gasteiger partial charge on any atom is -0.481 e. The summed E-state index contributed by atoms with van der Waals surface area (Å²) in [6, 6.07) is 10.4. The van der Waals surface area contributed by atoms with E-state index in [1.165, 1.54) is 12.1 Å². The van der Waals surface area contributed by atoms with Gasteiger partial charge in [0.2, 0.25) is 5.91 Å². The zero-order valence-electron chi connectivity index (χ0n) is 13.3. The SMILES string of the molecule is O=C(O)CCc1ccc(NC(=O)C2CC2c2ccc(F)cc2F)cc1. The first kappa shape index (κ1) is 17.1. The Bertz CT molecular complexity index is 805. The maximum atomic E-state index is 13.8. The Balaban J connectivity index is 1.57. The van der Waals surface area contributed by atoms with Gasteiger partial charge in [0.1, 0.15) is 11.6 Å². The van der Waals surface area contributed by atoms with Crippen molar-refractivity contribution in [1.29, 1.82) is 0 Å². The number of anilines is 1. The monoisotopic (exact) mass is 345 g/mol. The highest BCUT2D eigenvalue weighted by Crippen LogP contribution is 2.48. The molecule has 2 N–H and O–H groups in total. The van der Waals surface area contributed by atoms with Gasteiger partial charge in [-0.15, -0.1) is 0 Å². The quantitative estimate of drug-likeness (QED) is 0.838. The van der Waals surface area contributed by atoms with Crippen LogP contribution in [0.1, 0.15) is 29.9 Å². The van der Waals surface area contributed by atoms with Crippen LogP contribution in [0.5, 0.6) is 0 Å². The Hall–Kier alpha value is -2.76. The number of carbonyl (C=O) groups is 2. The first-order valence-corrected chi connectivity index (χ1v) is 8.00. The van der Waals surface area contributed by atoms with E-state index in [2.05, 4.69) is 5.32 Å². The lowest BCUT2D eigenvalue weighted by Crippen LogP contribution is -2.14. The summed E-state index contributed by atoms with van der Waals surface area (Å²) < 4.78 is 26.7. The number of hydrogen-bond donors (Lipinski definition) is 2. The molecule has 2 aromatic rings. The summed E-state index contributed by atoms with van der Waals surface area (Å²) in [5.74, 6) is -2.87. The Morgan fingerprint density at radius 3 is 2.48 bits per heavy atom. The molecule has 6 heteroatoms. The molecule has 0 spiro atoms. The Morgan fingerprint density at radius 1 is 1.12 bits per heavy atom. The minimum absolute atomic E-state index is 0.0543. The van der Waals surface area contributed by atoms with Crippen LogP contribution in [0, 0.1) is 17.6 Å². The van der Waals surface area contributed by atoms with Crippen molar-refractivity contribution in [2.45, 2.75) is 25.2 Å². The second-order valence-electron chi connectivity index (χ2n) is 6.19. The topological polar surface area (TPSA) is 66.4 Å². The molecule has 0 aromatic heterocycles. The van der Waals surface area contributed by atoms with Crippen LogP contribution in [0.15, 0.2) is 42.5 Å². The fourth-order valence-corrected chi connectivity index (χ4v) is 2.87. The van der Waals surface area contributed by atoms with E-state index in [-0.39, 0.29) is 24.2 Å². The van der Waals surface area contributed by atoms with Crippen LogP contribution in [0.25, 0.3) is 0 Å². The van der Waals surface area contributed by atoms with Gasteiger partial charge in [0.05, 0.1) is 0 Å². The number of aliphatic carboxylic acids is 1. The average Bonchev–Trinajstić information content (AvgIpc) is 3.34. The Labute approximate surface area is 143 Å². The summed E-state index contributed by atoms with van der Waals surface area (Å²) in [6.45, 7) is 0. The van der Waals surface area contributed by atoms with E-state index in [4.69, 9.17) is 5.11 Å². The van der Waals surface area contributed by atoms with Crippen LogP contribution in [0.3, 0.4) is 0 Å². The third-order valence-electron chi connectivity index (χ3n) is 4.34. The van der Waals surface area contributed by atoms with Crippen LogP contribution >= 0.6 is 0 Å². The Kier molecular flexibility index (Phi) is 4.79. The molecule has 2 aromatic carbocycles. The summed E-state index contributed by atoms with van der Waals surface area (Å²) in [7, 11) is 0. The fraction of sp³-hybridized carbons (Fsp3) is 0.263. The molecule has 0 radical (unpaired) electrons. The van der Waals surface area contributed by atoms with Gasteiger partial charge in [0.25, 0.3) is 0 Å².